The van der Waals surface area contributed by atoms with Gasteiger partial charge in [0.1, 0.15) is 5.82 Å². The van der Waals surface area contributed by atoms with Gasteiger partial charge in [0, 0.05) is 31.1 Å². The smallest absolute Gasteiger partial charge is 0.126 e. The molecule has 2 N–H and O–H groups in total. The number of rotatable bonds is 7. The third kappa shape index (κ3) is 5.29. The Labute approximate surface area is 116 Å². The second-order valence-corrected chi connectivity index (χ2v) is 6.13. The van der Waals surface area contributed by atoms with Crippen LogP contribution in [0.1, 0.15) is 38.8 Å². The van der Waals surface area contributed by atoms with Crippen molar-refractivity contribution in [3.8, 4) is 0 Å². The molecule has 0 amide bonds. The molecule has 3 heteroatoms. The van der Waals surface area contributed by atoms with Gasteiger partial charge in [0.25, 0.3) is 0 Å². The first-order chi connectivity index (χ1) is 8.83. The quantitative estimate of drug-likeness (QED) is 0.741. The maximum atomic E-state index is 13.3. The molecule has 0 saturated carbocycles. The van der Waals surface area contributed by atoms with Crippen molar-refractivity contribution in [2.24, 2.45) is 0 Å². The van der Waals surface area contributed by atoms with Crippen LogP contribution in [-0.4, -0.2) is 25.7 Å². The number of aryl methyl sites for hydroxylation is 1. The highest BCUT2D eigenvalue weighted by Crippen LogP contribution is 2.24. The second-order valence-electron chi connectivity index (χ2n) is 6.13. The third-order valence-electron chi connectivity index (χ3n) is 3.36. The van der Waals surface area contributed by atoms with Crippen LogP contribution in [0.3, 0.4) is 0 Å². The molecule has 0 radical (unpaired) electrons. The van der Waals surface area contributed by atoms with Gasteiger partial charge in [-0.2, -0.15) is 0 Å². The lowest BCUT2D eigenvalue weighted by molar-refractivity contribution is 0.457. The zero-order chi connectivity index (χ0) is 14.5. The fraction of sp³-hybridized carbons (Fsp3) is 0.625. The first-order valence-electron chi connectivity index (χ1n) is 7.03. The summed E-state index contributed by atoms with van der Waals surface area (Å²) in [4.78, 5) is 0. The van der Waals surface area contributed by atoms with Gasteiger partial charge in [-0.05, 0) is 24.1 Å². The van der Waals surface area contributed by atoms with Gasteiger partial charge in [-0.3, -0.25) is 0 Å². The number of hydrogen-bond acceptors (Lipinski definition) is 2. The van der Waals surface area contributed by atoms with Crippen LogP contribution in [0.2, 0.25) is 0 Å². The Morgan fingerprint density at radius 3 is 2.47 bits per heavy atom. The summed E-state index contributed by atoms with van der Waals surface area (Å²) in [6.07, 6.45) is 0. The summed E-state index contributed by atoms with van der Waals surface area (Å²) in [6.45, 7) is 13.3. The Morgan fingerprint density at radius 2 is 1.89 bits per heavy atom. The third-order valence-corrected chi connectivity index (χ3v) is 3.36. The lowest BCUT2D eigenvalue weighted by atomic mass is 9.84. The largest absolute Gasteiger partial charge is 0.315 e. The Hall–Kier alpha value is -0.930. The van der Waals surface area contributed by atoms with Crippen molar-refractivity contribution in [3.63, 3.8) is 0 Å². The highest BCUT2D eigenvalue weighted by atomic mass is 19.1. The molecule has 2 nitrogen and oxygen atoms in total. The SMILES string of the molecule is Cc1cc(C(C)(C)CNCCNC(C)C)ccc1F. The van der Waals surface area contributed by atoms with Crippen molar-refractivity contribution in [1.82, 2.24) is 10.6 Å². The van der Waals surface area contributed by atoms with Crippen molar-refractivity contribution in [2.45, 2.75) is 46.1 Å². The number of hydrogen-bond donors (Lipinski definition) is 2. The van der Waals surface area contributed by atoms with Crippen LogP contribution >= 0.6 is 0 Å². The van der Waals surface area contributed by atoms with Crippen LogP contribution < -0.4 is 10.6 Å². The average molecular weight is 266 g/mol. The molecule has 0 unspecified atom stereocenters. The van der Waals surface area contributed by atoms with E-state index in [0.29, 0.717) is 11.6 Å². The fourth-order valence-electron chi connectivity index (χ4n) is 2.02. The Balaban J connectivity index is 2.48. The van der Waals surface area contributed by atoms with Crippen molar-refractivity contribution in [1.29, 1.82) is 0 Å². The molecule has 0 fully saturated rings. The predicted molar refractivity (Wildman–Crippen MR) is 80.2 cm³/mol. The van der Waals surface area contributed by atoms with E-state index in [4.69, 9.17) is 0 Å². The number of nitrogens with one attached hydrogen (secondary N) is 2. The van der Waals surface area contributed by atoms with E-state index >= 15 is 0 Å². The summed E-state index contributed by atoms with van der Waals surface area (Å²) in [6, 6.07) is 5.92. The number of benzene rings is 1. The van der Waals surface area contributed by atoms with Gasteiger partial charge in [0.15, 0.2) is 0 Å². The molecule has 108 valence electrons. The zero-order valence-electron chi connectivity index (χ0n) is 12.8. The molecule has 0 saturated heterocycles. The first kappa shape index (κ1) is 16.1. The molecule has 0 spiro atoms. The molecule has 0 aliphatic heterocycles. The molecule has 0 heterocycles. The summed E-state index contributed by atoms with van der Waals surface area (Å²) in [5, 5.41) is 6.83. The van der Waals surface area contributed by atoms with E-state index in [0.717, 1.165) is 19.6 Å². The monoisotopic (exact) mass is 266 g/mol. The van der Waals surface area contributed by atoms with Crippen molar-refractivity contribution in [2.75, 3.05) is 19.6 Å². The zero-order valence-corrected chi connectivity index (χ0v) is 12.8. The molecule has 0 aliphatic carbocycles. The lowest BCUT2D eigenvalue weighted by Crippen LogP contribution is -2.38. The van der Waals surface area contributed by atoms with Gasteiger partial charge in [0.05, 0.1) is 0 Å². The van der Waals surface area contributed by atoms with Crippen LogP contribution in [0.15, 0.2) is 18.2 Å². The summed E-state index contributed by atoms with van der Waals surface area (Å²) in [5.41, 5.74) is 1.90. The lowest BCUT2D eigenvalue weighted by Gasteiger charge is -2.26. The minimum atomic E-state index is -0.131. The van der Waals surface area contributed by atoms with Gasteiger partial charge in [-0.25, -0.2) is 4.39 Å². The molecule has 1 aromatic carbocycles. The van der Waals surface area contributed by atoms with Crippen molar-refractivity contribution >= 4 is 0 Å². The Kier molecular flexibility index (Phi) is 5.95. The minimum absolute atomic E-state index is 0.0102. The van der Waals surface area contributed by atoms with Crippen LogP contribution in [0.25, 0.3) is 0 Å². The summed E-state index contributed by atoms with van der Waals surface area (Å²) >= 11 is 0. The standard InChI is InChI=1S/C16H27FN2/c1-12(2)19-9-8-18-11-16(4,5)14-6-7-15(17)13(3)10-14/h6-7,10,12,18-19H,8-9,11H2,1-5H3. The molecular weight excluding hydrogens is 239 g/mol. The van der Waals surface area contributed by atoms with Gasteiger partial charge in [0.2, 0.25) is 0 Å². The highest BCUT2D eigenvalue weighted by molar-refractivity contribution is 5.29. The van der Waals surface area contributed by atoms with Gasteiger partial charge >= 0.3 is 0 Å². The average Bonchev–Trinajstić information content (AvgIpc) is 2.31. The summed E-state index contributed by atoms with van der Waals surface area (Å²) in [5.74, 6) is -0.131. The fourth-order valence-corrected chi connectivity index (χ4v) is 2.02. The van der Waals surface area contributed by atoms with E-state index in [1.54, 1.807) is 6.07 Å². The molecule has 19 heavy (non-hydrogen) atoms. The Morgan fingerprint density at radius 1 is 1.21 bits per heavy atom. The summed E-state index contributed by atoms with van der Waals surface area (Å²) in [7, 11) is 0. The van der Waals surface area contributed by atoms with Crippen LogP contribution in [0, 0.1) is 12.7 Å². The molecule has 1 rings (SSSR count). The van der Waals surface area contributed by atoms with E-state index < -0.39 is 0 Å². The molecule has 1 aromatic rings. The maximum Gasteiger partial charge on any atom is 0.126 e. The molecular formula is C16H27FN2. The molecule has 0 aromatic heterocycles. The van der Waals surface area contributed by atoms with E-state index in [9.17, 15) is 4.39 Å². The van der Waals surface area contributed by atoms with Crippen LogP contribution in [-0.2, 0) is 5.41 Å². The molecule has 0 bridgehead atoms. The van der Waals surface area contributed by atoms with Crippen LogP contribution in [0.5, 0.6) is 0 Å². The molecule has 0 aliphatic rings. The normalized spacial score (nSPS) is 12.2. The van der Waals surface area contributed by atoms with E-state index in [-0.39, 0.29) is 11.2 Å². The minimum Gasteiger partial charge on any atom is -0.315 e. The maximum absolute atomic E-state index is 13.3. The van der Waals surface area contributed by atoms with Crippen LogP contribution in [0.4, 0.5) is 4.39 Å². The van der Waals surface area contributed by atoms with E-state index in [2.05, 4.69) is 38.3 Å². The van der Waals surface area contributed by atoms with Gasteiger partial charge < -0.3 is 10.6 Å². The Bertz CT molecular complexity index is 400. The number of halogens is 1. The first-order valence-corrected chi connectivity index (χ1v) is 7.03. The topological polar surface area (TPSA) is 24.1 Å². The van der Waals surface area contributed by atoms with Gasteiger partial charge in [-0.1, -0.05) is 39.8 Å². The van der Waals surface area contributed by atoms with E-state index in [1.807, 2.05) is 19.1 Å². The predicted octanol–water partition coefficient (Wildman–Crippen LogP) is 3.00. The summed E-state index contributed by atoms with van der Waals surface area (Å²) < 4.78 is 13.3. The highest BCUT2D eigenvalue weighted by Gasteiger charge is 2.20. The second kappa shape index (κ2) is 7.01. The van der Waals surface area contributed by atoms with Crippen molar-refractivity contribution < 1.29 is 4.39 Å². The molecule has 0 atom stereocenters. The van der Waals surface area contributed by atoms with E-state index in [1.165, 1.54) is 5.56 Å². The van der Waals surface area contributed by atoms with Crippen molar-refractivity contribution in [3.05, 3.63) is 35.1 Å². The van der Waals surface area contributed by atoms with Gasteiger partial charge in [-0.15, -0.1) is 0 Å².